The second kappa shape index (κ2) is 7.23. The smallest absolute Gasteiger partial charge is 0.223 e. The first-order valence-corrected chi connectivity index (χ1v) is 8.17. The molecule has 4 heteroatoms. The Balaban J connectivity index is 1.97. The van der Waals surface area contributed by atoms with Crippen LogP contribution in [0.1, 0.15) is 44.2 Å². The quantitative estimate of drug-likeness (QED) is 0.883. The number of hydrogen-bond donors (Lipinski definition) is 2. The van der Waals surface area contributed by atoms with E-state index >= 15 is 0 Å². The van der Waals surface area contributed by atoms with Crippen LogP contribution in [0.2, 0.25) is 0 Å². The van der Waals surface area contributed by atoms with Crippen molar-refractivity contribution < 1.29 is 4.79 Å². The molecule has 0 bridgehead atoms. The van der Waals surface area contributed by atoms with Crippen molar-refractivity contribution in [3.8, 4) is 0 Å². The molecule has 0 saturated heterocycles. The summed E-state index contributed by atoms with van der Waals surface area (Å²) in [4.78, 5) is 12.4. The molecule has 3 unspecified atom stereocenters. The Morgan fingerprint density at radius 2 is 2.00 bits per heavy atom. The summed E-state index contributed by atoms with van der Waals surface area (Å²) in [5.74, 6) is 0.600. The molecule has 1 amide bonds. The van der Waals surface area contributed by atoms with Gasteiger partial charge in [0.25, 0.3) is 0 Å². The lowest BCUT2D eigenvalue weighted by molar-refractivity contribution is -0.128. The first-order chi connectivity index (χ1) is 9.61. The predicted octanol–water partition coefficient (Wildman–Crippen LogP) is 3.39. The van der Waals surface area contributed by atoms with Crippen molar-refractivity contribution in [1.29, 1.82) is 0 Å². The SMILES string of the molecule is CC(NC(=O)C1CCCCC1CN)c1ccc(Br)cc1. The third-order valence-corrected chi connectivity index (χ3v) is 4.81. The van der Waals surface area contributed by atoms with Crippen molar-refractivity contribution in [2.75, 3.05) is 6.54 Å². The van der Waals surface area contributed by atoms with Gasteiger partial charge in [0.05, 0.1) is 6.04 Å². The molecule has 1 aromatic rings. The molecule has 1 fully saturated rings. The van der Waals surface area contributed by atoms with Crippen molar-refractivity contribution in [1.82, 2.24) is 5.32 Å². The van der Waals surface area contributed by atoms with Crippen LogP contribution in [-0.2, 0) is 4.79 Å². The van der Waals surface area contributed by atoms with Crippen LogP contribution in [0, 0.1) is 11.8 Å². The van der Waals surface area contributed by atoms with Gasteiger partial charge in [-0.2, -0.15) is 0 Å². The second-order valence-corrected chi connectivity index (χ2v) is 6.58. The minimum Gasteiger partial charge on any atom is -0.349 e. The van der Waals surface area contributed by atoms with Gasteiger partial charge in [0.2, 0.25) is 5.91 Å². The molecule has 0 radical (unpaired) electrons. The molecular weight excluding hydrogens is 316 g/mol. The normalized spacial score (nSPS) is 24.1. The van der Waals surface area contributed by atoms with Crippen LogP contribution in [0.4, 0.5) is 0 Å². The van der Waals surface area contributed by atoms with Gasteiger partial charge in [0.1, 0.15) is 0 Å². The lowest BCUT2D eigenvalue weighted by Gasteiger charge is -2.30. The minimum absolute atomic E-state index is 0.0379. The van der Waals surface area contributed by atoms with E-state index in [2.05, 4.69) is 21.2 Å². The number of benzene rings is 1. The molecule has 3 N–H and O–H groups in total. The van der Waals surface area contributed by atoms with E-state index in [0.717, 1.165) is 29.3 Å². The van der Waals surface area contributed by atoms with Gasteiger partial charge in [-0.1, -0.05) is 40.9 Å². The summed E-state index contributed by atoms with van der Waals surface area (Å²) in [5, 5.41) is 3.14. The average molecular weight is 339 g/mol. The molecular formula is C16H23BrN2O. The van der Waals surface area contributed by atoms with Crippen molar-refractivity contribution in [3.63, 3.8) is 0 Å². The van der Waals surface area contributed by atoms with Gasteiger partial charge in [0, 0.05) is 10.4 Å². The first-order valence-electron chi connectivity index (χ1n) is 7.37. The van der Waals surface area contributed by atoms with E-state index in [1.54, 1.807) is 0 Å². The number of hydrogen-bond acceptors (Lipinski definition) is 2. The Hall–Kier alpha value is -0.870. The predicted molar refractivity (Wildman–Crippen MR) is 85.2 cm³/mol. The number of carbonyl (C=O) groups is 1. The van der Waals surface area contributed by atoms with Gasteiger partial charge in [-0.25, -0.2) is 0 Å². The van der Waals surface area contributed by atoms with Gasteiger partial charge >= 0.3 is 0 Å². The summed E-state index contributed by atoms with van der Waals surface area (Å²) < 4.78 is 1.05. The first kappa shape index (κ1) is 15.5. The van der Waals surface area contributed by atoms with Gasteiger partial charge in [-0.05, 0) is 49.9 Å². The van der Waals surface area contributed by atoms with Crippen molar-refractivity contribution >= 4 is 21.8 Å². The zero-order chi connectivity index (χ0) is 14.5. The number of nitrogens with one attached hydrogen (secondary N) is 1. The zero-order valence-electron chi connectivity index (χ0n) is 11.9. The molecule has 2 rings (SSSR count). The van der Waals surface area contributed by atoms with E-state index in [1.165, 1.54) is 6.42 Å². The Kier molecular flexibility index (Phi) is 5.61. The van der Waals surface area contributed by atoms with Crippen LogP contribution in [0.5, 0.6) is 0 Å². The highest BCUT2D eigenvalue weighted by Gasteiger charge is 2.30. The molecule has 3 nitrogen and oxygen atoms in total. The highest BCUT2D eigenvalue weighted by atomic mass is 79.9. The Morgan fingerprint density at radius 3 is 2.65 bits per heavy atom. The third kappa shape index (κ3) is 3.83. The minimum atomic E-state index is 0.0379. The fourth-order valence-corrected chi connectivity index (χ4v) is 3.25. The number of rotatable bonds is 4. The van der Waals surface area contributed by atoms with Crippen LogP contribution in [0.15, 0.2) is 28.7 Å². The molecule has 20 heavy (non-hydrogen) atoms. The van der Waals surface area contributed by atoms with Gasteiger partial charge in [-0.15, -0.1) is 0 Å². The highest BCUT2D eigenvalue weighted by molar-refractivity contribution is 9.10. The molecule has 0 heterocycles. The van der Waals surface area contributed by atoms with Gasteiger partial charge < -0.3 is 11.1 Å². The van der Waals surface area contributed by atoms with E-state index in [0.29, 0.717) is 12.5 Å². The molecule has 3 atom stereocenters. The maximum Gasteiger partial charge on any atom is 0.223 e. The van der Waals surface area contributed by atoms with E-state index in [-0.39, 0.29) is 17.9 Å². The van der Waals surface area contributed by atoms with Crippen molar-refractivity contribution in [2.45, 2.75) is 38.6 Å². The van der Waals surface area contributed by atoms with Crippen LogP contribution >= 0.6 is 15.9 Å². The van der Waals surface area contributed by atoms with Crippen molar-refractivity contribution in [3.05, 3.63) is 34.3 Å². The number of halogens is 1. The van der Waals surface area contributed by atoms with Gasteiger partial charge in [0.15, 0.2) is 0 Å². The second-order valence-electron chi connectivity index (χ2n) is 5.67. The summed E-state index contributed by atoms with van der Waals surface area (Å²) >= 11 is 3.42. The lowest BCUT2D eigenvalue weighted by Crippen LogP contribution is -2.40. The zero-order valence-corrected chi connectivity index (χ0v) is 13.5. The van der Waals surface area contributed by atoms with E-state index in [1.807, 2.05) is 31.2 Å². The van der Waals surface area contributed by atoms with Crippen LogP contribution in [0.25, 0.3) is 0 Å². The van der Waals surface area contributed by atoms with Crippen LogP contribution in [0.3, 0.4) is 0 Å². The molecule has 0 aliphatic heterocycles. The number of nitrogens with two attached hydrogens (primary N) is 1. The standard InChI is InChI=1S/C16H23BrN2O/c1-11(12-6-8-14(17)9-7-12)19-16(20)15-5-3-2-4-13(15)10-18/h6-9,11,13,15H,2-5,10,18H2,1H3,(H,19,20). The molecule has 0 aromatic heterocycles. The van der Waals surface area contributed by atoms with Crippen LogP contribution < -0.4 is 11.1 Å². The summed E-state index contributed by atoms with van der Waals surface area (Å²) in [7, 11) is 0. The molecule has 110 valence electrons. The van der Waals surface area contributed by atoms with E-state index in [4.69, 9.17) is 5.73 Å². The van der Waals surface area contributed by atoms with Gasteiger partial charge in [-0.3, -0.25) is 4.79 Å². The van der Waals surface area contributed by atoms with E-state index in [9.17, 15) is 4.79 Å². The topological polar surface area (TPSA) is 55.1 Å². The number of amides is 1. The molecule has 1 saturated carbocycles. The summed E-state index contributed by atoms with van der Waals surface area (Å²) in [5.41, 5.74) is 6.93. The maximum atomic E-state index is 12.4. The Labute approximate surface area is 129 Å². The lowest BCUT2D eigenvalue weighted by atomic mass is 9.78. The maximum absolute atomic E-state index is 12.4. The summed E-state index contributed by atoms with van der Waals surface area (Å²) in [6.07, 6.45) is 4.40. The molecule has 1 aliphatic rings. The molecule has 0 spiro atoms. The van der Waals surface area contributed by atoms with Crippen LogP contribution in [-0.4, -0.2) is 12.5 Å². The average Bonchev–Trinajstić information content (AvgIpc) is 2.47. The van der Waals surface area contributed by atoms with Crippen molar-refractivity contribution in [2.24, 2.45) is 17.6 Å². The Morgan fingerprint density at radius 1 is 1.35 bits per heavy atom. The largest absolute Gasteiger partial charge is 0.349 e. The highest BCUT2D eigenvalue weighted by Crippen LogP contribution is 2.30. The Bertz CT molecular complexity index is 446. The summed E-state index contributed by atoms with van der Waals surface area (Å²) in [6, 6.07) is 8.12. The fraction of sp³-hybridized carbons (Fsp3) is 0.562. The molecule has 1 aliphatic carbocycles. The molecule has 1 aromatic carbocycles. The monoisotopic (exact) mass is 338 g/mol. The third-order valence-electron chi connectivity index (χ3n) is 4.28. The van der Waals surface area contributed by atoms with E-state index < -0.39 is 0 Å². The number of carbonyl (C=O) groups excluding carboxylic acids is 1. The fourth-order valence-electron chi connectivity index (χ4n) is 2.99. The summed E-state index contributed by atoms with van der Waals surface area (Å²) in [6.45, 7) is 2.65.